The van der Waals surface area contributed by atoms with Crippen molar-refractivity contribution in [2.24, 2.45) is 4.99 Å². The highest BCUT2D eigenvalue weighted by molar-refractivity contribution is 6.34. The van der Waals surface area contributed by atoms with Crippen molar-refractivity contribution in [1.82, 2.24) is 14.9 Å². The van der Waals surface area contributed by atoms with Crippen LogP contribution in [0.4, 0.5) is 18.9 Å². The number of amidine groups is 1. The molecule has 0 aliphatic rings. The molecule has 1 heterocycles. The van der Waals surface area contributed by atoms with Gasteiger partial charge in [0, 0.05) is 19.2 Å². The van der Waals surface area contributed by atoms with Crippen LogP contribution in [0.1, 0.15) is 11.1 Å². The van der Waals surface area contributed by atoms with Gasteiger partial charge in [-0.15, -0.1) is 6.58 Å². The predicted octanol–water partition coefficient (Wildman–Crippen LogP) is 4.58. The van der Waals surface area contributed by atoms with Crippen molar-refractivity contribution >= 4 is 23.1 Å². The molecule has 2 aromatic rings. The SMILES string of the molecule is C=CCN(C)C(=Nc1cncnc1OCC(F)(F)F)c1ccc(C)cc1Cl. The Bertz CT molecular complexity index is 840. The molecule has 0 aliphatic heterocycles. The van der Waals surface area contributed by atoms with Crippen LogP contribution in [0.5, 0.6) is 5.88 Å². The smallest absolute Gasteiger partial charge is 0.422 e. The summed E-state index contributed by atoms with van der Waals surface area (Å²) in [4.78, 5) is 13.8. The van der Waals surface area contributed by atoms with Crippen molar-refractivity contribution in [2.75, 3.05) is 20.2 Å². The van der Waals surface area contributed by atoms with Crippen LogP contribution in [0.25, 0.3) is 0 Å². The van der Waals surface area contributed by atoms with E-state index in [1.54, 1.807) is 30.2 Å². The number of aliphatic imine (C=N–C) groups is 1. The lowest BCUT2D eigenvalue weighted by atomic mass is 10.1. The molecular formula is C18H18ClF3N4O. The van der Waals surface area contributed by atoms with Gasteiger partial charge in [-0.2, -0.15) is 18.2 Å². The zero-order chi connectivity index (χ0) is 20.0. The molecule has 1 aromatic carbocycles. The maximum absolute atomic E-state index is 12.5. The van der Waals surface area contributed by atoms with Crippen molar-refractivity contribution in [3.05, 3.63) is 59.5 Å². The Labute approximate surface area is 160 Å². The lowest BCUT2D eigenvalue weighted by molar-refractivity contribution is -0.154. The van der Waals surface area contributed by atoms with E-state index in [2.05, 4.69) is 21.5 Å². The lowest BCUT2D eigenvalue weighted by Crippen LogP contribution is -2.28. The standard InChI is InChI=1S/C18H18ClF3N4O/c1-4-7-26(3)16(13-6-5-12(2)8-14(13)19)25-15-9-23-11-24-17(15)27-10-18(20,21)22/h4-6,8-9,11H,1,7,10H2,2-3H3. The molecule has 9 heteroatoms. The second-order valence-corrected chi connectivity index (χ2v) is 6.11. The second kappa shape index (κ2) is 8.85. The number of hydrogen-bond donors (Lipinski definition) is 0. The van der Waals surface area contributed by atoms with E-state index in [-0.39, 0.29) is 11.6 Å². The average molecular weight is 399 g/mol. The molecule has 0 atom stereocenters. The van der Waals surface area contributed by atoms with Crippen LogP contribution in [-0.2, 0) is 0 Å². The predicted molar refractivity (Wildman–Crippen MR) is 98.8 cm³/mol. The Hall–Kier alpha value is -2.61. The third-order valence-electron chi connectivity index (χ3n) is 3.39. The van der Waals surface area contributed by atoms with E-state index in [9.17, 15) is 13.2 Å². The number of likely N-dealkylation sites (N-methyl/N-ethyl adjacent to an activating group) is 1. The molecule has 0 unspecified atom stereocenters. The highest BCUT2D eigenvalue weighted by atomic mass is 35.5. The number of hydrogen-bond acceptors (Lipinski definition) is 4. The van der Waals surface area contributed by atoms with Gasteiger partial charge in [-0.3, -0.25) is 0 Å². The van der Waals surface area contributed by atoms with Gasteiger partial charge < -0.3 is 9.64 Å². The molecule has 0 amide bonds. The molecular weight excluding hydrogens is 381 g/mol. The Morgan fingerprint density at radius 2 is 2.15 bits per heavy atom. The van der Waals surface area contributed by atoms with Crippen LogP contribution < -0.4 is 4.74 Å². The molecule has 0 bridgehead atoms. The summed E-state index contributed by atoms with van der Waals surface area (Å²) in [5.41, 5.74) is 1.63. The fourth-order valence-electron chi connectivity index (χ4n) is 2.20. The molecule has 0 fully saturated rings. The molecule has 0 aliphatic carbocycles. The maximum atomic E-state index is 12.5. The number of halogens is 4. The number of ether oxygens (including phenoxy) is 1. The van der Waals surface area contributed by atoms with Gasteiger partial charge in [0.25, 0.3) is 0 Å². The highest BCUT2D eigenvalue weighted by Crippen LogP contribution is 2.28. The molecule has 5 nitrogen and oxygen atoms in total. The number of benzene rings is 1. The van der Waals surface area contributed by atoms with E-state index in [0.717, 1.165) is 11.9 Å². The van der Waals surface area contributed by atoms with Crippen molar-refractivity contribution in [2.45, 2.75) is 13.1 Å². The largest absolute Gasteiger partial charge is 0.466 e. The average Bonchev–Trinajstić information content (AvgIpc) is 2.59. The van der Waals surface area contributed by atoms with E-state index >= 15 is 0 Å². The molecule has 0 radical (unpaired) electrons. The van der Waals surface area contributed by atoms with E-state index in [0.29, 0.717) is 23.0 Å². The first-order chi connectivity index (χ1) is 12.7. The number of rotatable bonds is 6. The van der Waals surface area contributed by atoms with Gasteiger partial charge >= 0.3 is 6.18 Å². The van der Waals surface area contributed by atoms with Gasteiger partial charge in [0.05, 0.1) is 11.2 Å². The highest BCUT2D eigenvalue weighted by Gasteiger charge is 2.29. The van der Waals surface area contributed by atoms with Crippen LogP contribution in [0, 0.1) is 6.92 Å². The van der Waals surface area contributed by atoms with Gasteiger partial charge in [0.15, 0.2) is 6.61 Å². The number of alkyl halides is 3. The van der Waals surface area contributed by atoms with E-state index in [1.165, 1.54) is 6.20 Å². The van der Waals surface area contributed by atoms with Crippen molar-refractivity contribution in [3.8, 4) is 5.88 Å². The van der Waals surface area contributed by atoms with Gasteiger partial charge in [0.1, 0.15) is 17.9 Å². The van der Waals surface area contributed by atoms with Crippen LogP contribution in [0.15, 0.2) is 48.4 Å². The minimum absolute atomic E-state index is 0.0595. The fraction of sp³-hybridized carbons (Fsp3) is 0.278. The normalized spacial score (nSPS) is 12.0. The summed E-state index contributed by atoms with van der Waals surface area (Å²) in [5, 5.41) is 0.458. The summed E-state index contributed by atoms with van der Waals surface area (Å²) in [6.07, 6.45) is -0.450. The van der Waals surface area contributed by atoms with Crippen molar-refractivity contribution < 1.29 is 17.9 Å². The molecule has 0 N–H and O–H groups in total. The molecule has 1 aromatic heterocycles. The molecule has 27 heavy (non-hydrogen) atoms. The summed E-state index contributed by atoms with van der Waals surface area (Å²) in [5.74, 6) is 0.154. The fourth-order valence-corrected chi connectivity index (χ4v) is 2.52. The molecule has 0 saturated carbocycles. The van der Waals surface area contributed by atoms with Gasteiger partial charge in [-0.25, -0.2) is 9.98 Å². The minimum Gasteiger partial charge on any atom is -0.466 e. The molecule has 144 valence electrons. The first-order valence-corrected chi connectivity index (χ1v) is 8.26. The Morgan fingerprint density at radius 1 is 1.41 bits per heavy atom. The van der Waals surface area contributed by atoms with E-state index in [4.69, 9.17) is 16.3 Å². The first-order valence-electron chi connectivity index (χ1n) is 7.88. The van der Waals surface area contributed by atoms with E-state index < -0.39 is 12.8 Å². The third kappa shape index (κ3) is 5.96. The van der Waals surface area contributed by atoms with Crippen molar-refractivity contribution in [1.29, 1.82) is 0 Å². The van der Waals surface area contributed by atoms with Crippen LogP contribution in [-0.4, -0.2) is 47.1 Å². The van der Waals surface area contributed by atoms with Crippen LogP contribution >= 0.6 is 11.6 Å². The summed E-state index contributed by atoms with van der Waals surface area (Å²) in [7, 11) is 1.76. The zero-order valence-electron chi connectivity index (χ0n) is 14.8. The molecule has 0 saturated heterocycles. The molecule has 2 rings (SSSR count). The first kappa shape index (κ1) is 20.7. The summed E-state index contributed by atoms with van der Waals surface area (Å²) >= 11 is 6.35. The Morgan fingerprint density at radius 3 is 2.78 bits per heavy atom. The number of aryl methyl sites for hydroxylation is 1. The topological polar surface area (TPSA) is 50.6 Å². The van der Waals surface area contributed by atoms with E-state index in [1.807, 2.05) is 13.0 Å². The maximum Gasteiger partial charge on any atom is 0.422 e. The van der Waals surface area contributed by atoms with Crippen LogP contribution in [0.2, 0.25) is 5.02 Å². The number of aromatic nitrogens is 2. The zero-order valence-corrected chi connectivity index (χ0v) is 15.6. The second-order valence-electron chi connectivity index (χ2n) is 5.70. The van der Waals surface area contributed by atoms with Gasteiger partial charge in [-0.1, -0.05) is 23.7 Å². The third-order valence-corrected chi connectivity index (χ3v) is 3.70. The Balaban J connectivity index is 2.50. The Kier molecular flexibility index (Phi) is 6.79. The summed E-state index contributed by atoms with van der Waals surface area (Å²) in [6.45, 7) is 4.55. The van der Waals surface area contributed by atoms with Gasteiger partial charge in [-0.05, 0) is 24.6 Å². The molecule has 0 spiro atoms. The number of nitrogens with zero attached hydrogens (tertiary/aromatic N) is 4. The van der Waals surface area contributed by atoms with Crippen LogP contribution in [0.3, 0.4) is 0 Å². The van der Waals surface area contributed by atoms with Crippen molar-refractivity contribution in [3.63, 3.8) is 0 Å². The monoisotopic (exact) mass is 398 g/mol. The van der Waals surface area contributed by atoms with Gasteiger partial charge in [0.2, 0.25) is 5.88 Å². The lowest BCUT2D eigenvalue weighted by Gasteiger charge is -2.21. The summed E-state index contributed by atoms with van der Waals surface area (Å²) in [6, 6.07) is 5.42. The quantitative estimate of drug-likeness (QED) is 0.406. The summed E-state index contributed by atoms with van der Waals surface area (Å²) < 4.78 is 42.2. The minimum atomic E-state index is -4.49.